The summed E-state index contributed by atoms with van der Waals surface area (Å²) in [4.78, 5) is 9.08. The minimum absolute atomic E-state index is 0.279. The second-order valence-electron chi connectivity index (χ2n) is 5.63. The lowest BCUT2D eigenvalue weighted by molar-refractivity contribution is 0.105. The highest BCUT2D eigenvalue weighted by atomic mass is 16.3. The Balaban J connectivity index is 1.62. The Labute approximate surface area is 122 Å². The number of aliphatic hydroxyl groups is 1. The highest BCUT2D eigenvalue weighted by Crippen LogP contribution is 2.37. The lowest BCUT2D eigenvalue weighted by Crippen LogP contribution is -2.29. The molecule has 1 fully saturated rings. The molecule has 1 aliphatic carbocycles. The van der Waals surface area contributed by atoms with Gasteiger partial charge in [0.15, 0.2) is 0 Å². The molecule has 0 saturated heterocycles. The van der Waals surface area contributed by atoms with E-state index in [1.807, 2.05) is 41.3 Å². The van der Waals surface area contributed by atoms with Crippen molar-refractivity contribution in [2.24, 2.45) is 5.92 Å². The Bertz CT molecular complexity index is 777. The molecule has 2 aromatic heterocycles. The first-order chi connectivity index (χ1) is 10.3. The standard InChI is InChI=1S/C16H16N4O/c21-10-11-5-13(6-11)20-9-12(7-18-20)16-8-17-14-3-1-2-4-15(14)19-16/h1-4,7-9,11,13,21H,5-6,10H2. The van der Waals surface area contributed by atoms with Crippen molar-refractivity contribution in [2.75, 3.05) is 6.61 Å². The molecule has 0 radical (unpaired) electrons. The summed E-state index contributed by atoms with van der Waals surface area (Å²) in [6.45, 7) is 0.279. The predicted molar refractivity (Wildman–Crippen MR) is 79.6 cm³/mol. The van der Waals surface area contributed by atoms with Gasteiger partial charge >= 0.3 is 0 Å². The van der Waals surface area contributed by atoms with Crippen LogP contribution < -0.4 is 0 Å². The monoisotopic (exact) mass is 280 g/mol. The molecule has 0 unspecified atom stereocenters. The van der Waals surface area contributed by atoms with E-state index in [-0.39, 0.29) is 6.61 Å². The highest BCUT2D eigenvalue weighted by molar-refractivity contribution is 5.76. The van der Waals surface area contributed by atoms with Gasteiger partial charge in [0.05, 0.1) is 35.2 Å². The molecule has 5 nitrogen and oxygen atoms in total. The number of rotatable bonds is 3. The number of aromatic nitrogens is 4. The van der Waals surface area contributed by atoms with Crippen LogP contribution in [0.5, 0.6) is 0 Å². The maximum absolute atomic E-state index is 9.09. The molecule has 106 valence electrons. The van der Waals surface area contributed by atoms with Gasteiger partial charge in [0.25, 0.3) is 0 Å². The first-order valence-electron chi connectivity index (χ1n) is 7.20. The molecule has 1 saturated carbocycles. The molecule has 3 aromatic rings. The second kappa shape index (κ2) is 4.93. The van der Waals surface area contributed by atoms with Crippen LogP contribution in [0.4, 0.5) is 0 Å². The quantitative estimate of drug-likeness (QED) is 0.800. The van der Waals surface area contributed by atoms with Gasteiger partial charge in [-0.2, -0.15) is 5.10 Å². The molecular weight excluding hydrogens is 264 g/mol. The first kappa shape index (κ1) is 12.5. The van der Waals surface area contributed by atoms with E-state index in [1.54, 1.807) is 6.20 Å². The van der Waals surface area contributed by atoms with E-state index >= 15 is 0 Å². The van der Waals surface area contributed by atoms with E-state index in [4.69, 9.17) is 5.11 Å². The van der Waals surface area contributed by atoms with Gasteiger partial charge in [0, 0.05) is 18.4 Å². The van der Waals surface area contributed by atoms with Crippen LogP contribution in [0.3, 0.4) is 0 Å². The number of nitrogens with zero attached hydrogens (tertiary/aromatic N) is 4. The minimum Gasteiger partial charge on any atom is -0.396 e. The molecule has 1 N–H and O–H groups in total. The zero-order valence-corrected chi connectivity index (χ0v) is 11.6. The van der Waals surface area contributed by atoms with Crippen LogP contribution in [0.15, 0.2) is 42.9 Å². The molecule has 1 aliphatic rings. The Morgan fingerprint density at radius 1 is 1.14 bits per heavy atom. The van der Waals surface area contributed by atoms with Crippen LogP contribution in [0, 0.1) is 5.92 Å². The van der Waals surface area contributed by atoms with Gasteiger partial charge in [0.2, 0.25) is 0 Å². The second-order valence-corrected chi connectivity index (χ2v) is 5.63. The van der Waals surface area contributed by atoms with Crippen molar-refractivity contribution in [3.05, 3.63) is 42.9 Å². The van der Waals surface area contributed by atoms with Crippen molar-refractivity contribution in [3.8, 4) is 11.3 Å². The van der Waals surface area contributed by atoms with E-state index in [1.165, 1.54) is 0 Å². The normalized spacial score (nSPS) is 21.4. The van der Waals surface area contributed by atoms with Crippen molar-refractivity contribution in [1.82, 2.24) is 19.7 Å². The SMILES string of the molecule is OCC1CC(n2cc(-c3cnc4ccccc4n3)cn2)C1. The van der Waals surface area contributed by atoms with Crippen LogP contribution >= 0.6 is 0 Å². The molecule has 2 heterocycles. The lowest BCUT2D eigenvalue weighted by Gasteiger charge is -2.33. The van der Waals surface area contributed by atoms with Crippen LogP contribution in [0.1, 0.15) is 18.9 Å². The van der Waals surface area contributed by atoms with Crippen LogP contribution in [-0.4, -0.2) is 31.5 Å². The van der Waals surface area contributed by atoms with Gasteiger partial charge in [-0.3, -0.25) is 9.67 Å². The van der Waals surface area contributed by atoms with Crippen molar-refractivity contribution in [3.63, 3.8) is 0 Å². The van der Waals surface area contributed by atoms with Gasteiger partial charge in [0.1, 0.15) is 0 Å². The first-order valence-corrected chi connectivity index (χ1v) is 7.20. The van der Waals surface area contributed by atoms with Crippen molar-refractivity contribution >= 4 is 11.0 Å². The number of aliphatic hydroxyl groups excluding tert-OH is 1. The van der Waals surface area contributed by atoms with Gasteiger partial charge in [-0.1, -0.05) is 12.1 Å². The third-order valence-electron chi connectivity index (χ3n) is 4.19. The summed E-state index contributed by atoms with van der Waals surface area (Å²) in [5.41, 5.74) is 3.63. The third-order valence-corrected chi connectivity index (χ3v) is 4.19. The van der Waals surface area contributed by atoms with E-state index in [2.05, 4.69) is 15.1 Å². The summed E-state index contributed by atoms with van der Waals surface area (Å²) in [5, 5.41) is 13.5. The van der Waals surface area contributed by atoms with E-state index in [9.17, 15) is 0 Å². The fourth-order valence-electron chi connectivity index (χ4n) is 2.83. The maximum Gasteiger partial charge on any atom is 0.0924 e. The molecule has 21 heavy (non-hydrogen) atoms. The summed E-state index contributed by atoms with van der Waals surface area (Å²) in [6, 6.07) is 8.26. The Morgan fingerprint density at radius 3 is 2.76 bits per heavy atom. The zero-order chi connectivity index (χ0) is 14.2. The molecule has 0 aliphatic heterocycles. The van der Waals surface area contributed by atoms with Crippen molar-refractivity contribution < 1.29 is 5.11 Å². The van der Waals surface area contributed by atoms with Crippen LogP contribution in [-0.2, 0) is 0 Å². The van der Waals surface area contributed by atoms with Gasteiger partial charge in [-0.05, 0) is 30.9 Å². The van der Waals surface area contributed by atoms with E-state index in [0.29, 0.717) is 12.0 Å². The smallest absolute Gasteiger partial charge is 0.0924 e. The topological polar surface area (TPSA) is 63.8 Å². The summed E-state index contributed by atoms with van der Waals surface area (Å²) in [7, 11) is 0. The molecule has 0 spiro atoms. The zero-order valence-electron chi connectivity index (χ0n) is 11.6. The summed E-state index contributed by atoms with van der Waals surface area (Å²) < 4.78 is 1.98. The fourth-order valence-corrected chi connectivity index (χ4v) is 2.83. The Hall–Kier alpha value is -2.27. The van der Waals surface area contributed by atoms with Crippen LogP contribution in [0.25, 0.3) is 22.3 Å². The van der Waals surface area contributed by atoms with Gasteiger partial charge in [-0.25, -0.2) is 4.98 Å². The van der Waals surface area contributed by atoms with Crippen molar-refractivity contribution in [1.29, 1.82) is 0 Å². The van der Waals surface area contributed by atoms with Crippen LogP contribution in [0.2, 0.25) is 0 Å². The largest absolute Gasteiger partial charge is 0.396 e. The highest BCUT2D eigenvalue weighted by Gasteiger charge is 2.30. The molecule has 1 aromatic carbocycles. The van der Waals surface area contributed by atoms with Gasteiger partial charge in [-0.15, -0.1) is 0 Å². The number of hydrogen-bond acceptors (Lipinski definition) is 4. The summed E-state index contributed by atoms with van der Waals surface area (Å²) in [5.74, 6) is 0.433. The number of para-hydroxylation sites is 2. The molecular formula is C16H16N4O. The third kappa shape index (κ3) is 2.19. The maximum atomic E-state index is 9.09. The fraction of sp³-hybridized carbons (Fsp3) is 0.312. The average Bonchev–Trinajstić information content (AvgIpc) is 2.95. The number of benzene rings is 1. The Morgan fingerprint density at radius 2 is 1.95 bits per heavy atom. The van der Waals surface area contributed by atoms with E-state index in [0.717, 1.165) is 35.1 Å². The lowest BCUT2D eigenvalue weighted by atomic mass is 9.81. The predicted octanol–water partition coefficient (Wildman–Crippen LogP) is 2.44. The summed E-state index contributed by atoms with van der Waals surface area (Å²) >= 11 is 0. The molecule has 0 atom stereocenters. The van der Waals surface area contributed by atoms with Crippen molar-refractivity contribution in [2.45, 2.75) is 18.9 Å². The number of fused-ring (bicyclic) bond motifs is 1. The average molecular weight is 280 g/mol. The Kier molecular flexibility index (Phi) is 2.93. The molecule has 0 bridgehead atoms. The molecule has 0 amide bonds. The summed E-state index contributed by atoms with van der Waals surface area (Å²) in [6.07, 6.45) is 7.66. The molecule has 4 rings (SSSR count). The van der Waals surface area contributed by atoms with Gasteiger partial charge < -0.3 is 5.11 Å². The molecule has 5 heteroatoms. The number of hydrogen-bond donors (Lipinski definition) is 1. The minimum atomic E-state index is 0.279. The van der Waals surface area contributed by atoms with E-state index < -0.39 is 0 Å².